The summed E-state index contributed by atoms with van der Waals surface area (Å²) in [5.41, 5.74) is 13.4. The maximum absolute atomic E-state index is 6.93. The Bertz CT molecular complexity index is 2760. The molecular weight excluding hydrogens is 733 g/mol. The Hall–Kier alpha value is -5.81. The Morgan fingerprint density at radius 3 is 1.88 bits per heavy atom. The highest BCUT2D eigenvalue weighted by Crippen LogP contribution is 2.42. The number of benzene rings is 5. The minimum Gasteiger partial charge on any atom is -0.457 e. The minimum absolute atomic E-state index is 0.0160. The van der Waals surface area contributed by atoms with Gasteiger partial charge in [0.05, 0.1) is 17.7 Å². The molecule has 2 aromatic heterocycles. The first kappa shape index (κ1) is 40.9. The maximum Gasteiger partial charge on any atom is 0.137 e. The Balaban J connectivity index is 1.21. The largest absolute Gasteiger partial charge is 0.457 e. The summed E-state index contributed by atoms with van der Waals surface area (Å²) >= 11 is 0. The van der Waals surface area contributed by atoms with Crippen LogP contribution in [-0.2, 0) is 21.7 Å². The molecule has 0 bridgehead atoms. The van der Waals surface area contributed by atoms with E-state index in [4.69, 9.17) is 9.72 Å². The second-order valence-corrected chi connectivity index (χ2v) is 20.9. The standard InChI is InChI=1S/C55H62N4O/c1-36-47(55(11,12)13)30-41(54(8,9)10)31-49(36)58-26-25-57(35-58)42-27-38(37-17-15-14-16-18-37)28-44(33-42)60-43-20-21-45-46-29-39(52(2,3)4)19-22-48(46)59(50(45)34-43)51-32-40(23-24-56-51)53(5,6)7/h14-34H,35H2,1-13H3. The molecule has 7 aromatic rings. The van der Waals surface area contributed by atoms with Gasteiger partial charge in [0, 0.05) is 52.9 Å². The van der Waals surface area contributed by atoms with E-state index in [1.165, 1.54) is 44.3 Å². The number of ether oxygens (including phenoxy) is 1. The smallest absolute Gasteiger partial charge is 0.137 e. The van der Waals surface area contributed by atoms with E-state index in [-0.39, 0.29) is 21.7 Å². The molecule has 0 spiro atoms. The zero-order valence-electron chi connectivity index (χ0n) is 38.0. The summed E-state index contributed by atoms with van der Waals surface area (Å²) in [6.45, 7) is 30.4. The van der Waals surface area contributed by atoms with Crippen molar-refractivity contribution in [2.75, 3.05) is 16.5 Å². The second kappa shape index (κ2) is 14.7. The van der Waals surface area contributed by atoms with Gasteiger partial charge >= 0.3 is 0 Å². The predicted octanol–water partition coefficient (Wildman–Crippen LogP) is 14.9. The van der Waals surface area contributed by atoms with E-state index in [1.807, 2.05) is 6.20 Å². The van der Waals surface area contributed by atoms with Crippen molar-refractivity contribution >= 4 is 33.2 Å². The SMILES string of the molecule is Cc1c(N2C=CN(c3cc(Oc4ccc5c6cc(C(C)(C)C)ccc6n(-c6cc(C(C)(C)C)ccn6)c5c4)cc(-c4ccccc4)c3)C2)cc(C(C)(C)C)cc1C(C)(C)C. The molecule has 1 aliphatic heterocycles. The van der Waals surface area contributed by atoms with Crippen molar-refractivity contribution in [1.29, 1.82) is 0 Å². The van der Waals surface area contributed by atoms with Crippen LogP contribution in [0, 0.1) is 6.92 Å². The highest BCUT2D eigenvalue weighted by atomic mass is 16.5. The minimum atomic E-state index is -0.0160. The molecule has 3 heterocycles. The fourth-order valence-corrected chi connectivity index (χ4v) is 8.48. The van der Waals surface area contributed by atoms with E-state index in [2.05, 4.69) is 226 Å². The van der Waals surface area contributed by atoms with Gasteiger partial charge in [0.2, 0.25) is 0 Å². The van der Waals surface area contributed by atoms with Crippen molar-refractivity contribution in [2.24, 2.45) is 0 Å². The summed E-state index contributed by atoms with van der Waals surface area (Å²) in [6, 6.07) is 39.8. The summed E-state index contributed by atoms with van der Waals surface area (Å²) in [7, 11) is 0. The molecule has 0 atom stereocenters. The fourth-order valence-electron chi connectivity index (χ4n) is 8.48. The number of nitrogens with zero attached hydrogens (tertiary/aromatic N) is 4. The van der Waals surface area contributed by atoms with Crippen LogP contribution in [0.15, 0.2) is 128 Å². The van der Waals surface area contributed by atoms with Gasteiger partial charge in [-0.05, 0) is 122 Å². The average molecular weight is 795 g/mol. The highest BCUT2D eigenvalue weighted by molar-refractivity contribution is 6.09. The maximum atomic E-state index is 6.93. The van der Waals surface area contributed by atoms with E-state index >= 15 is 0 Å². The molecule has 0 unspecified atom stereocenters. The van der Waals surface area contributed by atoms with Crippen LogP contribution in [-0.4, -0.2) is 16.2 Å². The van der Waals surface area contributed by atoms with Crippen LogP contribution in [0.25, 0.3) is 38.8 Å². The first-order chi connectivity index (χ1) is 28.1. The first-order valence-corrected chi connectivity index (χ1v) is 21.5. The van der Waals surface area contributed by atoms with Crippen molar-refractivity contribution in [3.8, 4) is 28.4 Å². The first-order valence-electron chi connectivity index (χ1n) is 21.5. The summed E-state index contributed by atoms with van der Waals surface area (Å²) in [5.74, 6) is 2.46. The van der Waals surface area contributed by atoms with Gasteiger partial charge in [-0.2, -0.15) is 0 Å². The molecule has 0 aliphatic carbocycles. The number of anilines is 2. The molecule has 0 fully saturated rings. The van der Waals surface area contributed by atoms with Crippen LogP contribution in [0.1, 0.15) is 111 Å². The van der Waals surface area contributed by atoms with Crippen molar-refractivity contribution in [1.82, 2.24) is 9.55 Å². The van der Waals surface area contributed by atoms with E-state index in [0.29, 0.717) is 6.67 Å². The third-order valence-electron chi connectivity index (χ3n) is 12.1. The molecule has 0 amide bonds. The van der Waals surface area contributed by atoms with Crippen LogP contribution in [0.4, 0.5) is 11.4 Å². The zero-order valence-corrected chi connectivity index (χ0v) is 38.0. The lowest BCUT2D eigenvalue weighted by atomic mass is 9.78. The van der Waals surface area contributed by atoms with E-state index in [0.717, 1.165) is 45.2 Å². The number of hydrogen-bond acceptors (Lipinski definition) is 4. The van der Waals surface area contributed by atoms with Crippen LogP contribution in [0.5, 0.6) is 11.5 Å². The van der Waals surface area contributed by atoms with Gasteiger partial charge in [0.25, 0.3) is 0 Å². The monoisotopic (exact) mass is 794 g/mol. The molecule has 1 aliphatic rings. The van der Waals surface area contributed by atoms with Gasteiger partial charge in [-0.15, -0.1) is 0 Å². The van der Waals surface area contributed by atoms with E-state index in [1.54, 1.807) is 0 Å². The van der Waals surface area contributed by atoms with Crippen LogP contribution < -0.4 is 14.5 Å². The second-order valence-electron chi connectivity index (χ2n) is 20.9. The van der Waals surface area contributed by atoms with Gasteiger partial charge < -0.3 is 14.5 Å². The number of fused-ring (bicyclic) bond motifs is 3. The summed E-state index contributed by atoms with van der Waals surface area (Å²) in [6.07, 6.45) is 6.36. The van der Waals surface area contributed by atoms with Gasteiger partial charge in [-0.1, -0.05) is 126 Å². The third-order valence-corrected chi connectivity index (χ3v) is 12.1. The van der Waals surface area contributed by atoms with E-state index < -0.39 is 0 Å². The number of rotatable bonds is 6. The Morgan fingerprint density at radius 2 is 1.20 bits per heavy atom. The predicted molar refractivity (Wildman–Crippen MR) is 255 cm³/mol. The van der Waals surface area contributed by atoms with E-state index in [9.17, 15) is 0 Å². The summed E-state index contributed by atoms with van der Waals surface area (Å²) < 4.78 is 9.23. The van der Waals surface area contributed by atoms with Crippen molar-refractivity contribution in [3.63, 3.8) is 0 Å². The lowest BCUT2D eigenvalue weighted by molar-refractivity contribution is 0.483. The number of pyridine rings is 1. The molecule has 0 saturated carbocycles. The molecule has 0 N–H and O–H groups in total. The molecular formula is C55H62N4O. The Morgan fingerprint density at radius 1 is 0.517 bits per heavy atom. The van der Waals surface area contributed by atoms with Gasteiger partial charge in [0.15, 0.2) is 0 Å². The van der Waals surface area contributed by atoms with Crippen molar-refractivity contribution in [3.05, 3.63) is 156 Å². The molecule has 0 radical (unpaired) electrons. The Kier molecular flexibility index (Phi) is 10.0. The van der Waals surface area contributed by atoms with Crippen LogP contribution in [0.2, 0.25) is 0 Å². The van der Waals surface area contributed by atoms with Gasteiger partial charge in [-0.25, -0.2) is 4.98 Å². The number of aromatic nitrogens is 2. The Labute approximate surface area is 358 Å². The average Bonchev–Trinajstić information content (AvgIpc) is 3.80. The quantitative estimate of drug-likeness (QED) is 0.168. The fraction of sp³-hybridized carbons (Fsp3) is 0.327. The molecule has 5 aromatic carbocycles. The lowest BCUT2D eigenvalue weighted by Crippen LogP contribution is -2.27. The normalized spacial score (nSPS) is 13.9. The summed E-state index contributed by atoms with van der Waals surface area (Å²) in [5, 5.41) is 2.39. The van der Waals surface area contributed by atoms with Gasteiger partial charge in [0.1, 0.15) is 17.3 Å². The molecule has 308 valence electrons. The number of hydrogen-bond donors (Lipinski definition) is 0. The van der Waals surface area contributed by atoms with Gasteiger partial charge in [-0.3, -0.25) is 4.57 Å². The molecule has 60 heavy (non-hydrogen) atoms. The summed E-state index contributed by atoms with van der Waals surface area (Å²) in [4.78, 5) is 9.66. The topological polar surface area (TPSA) is 33.5 Å². The zero-order chi connectivity index (χ0) is 42.9. The molecule has 5 heteroatoms. The molecule has 5 nitrogen and oxygen atoms in total. The van der Waals surface area contributed by atoms with Crippen LogP contribution in [0.3, 0.4) is 0 Å². The lowest BCUT2D eigenvalue weighted by Gasteiger charge is -2.31. The molecule has 8 rings (SSSR count). The highest BCUT2D eigenvalue weighted by Gasteiger charge is 2.27. The van der Waals surface area contributed by atoms with Crippen molar-refractivity contribution in [2.45, 2.75) is 112 Å². The molecule has 0 saturated heterocycles. The third kappa shape index (κ3) is 7.95. The van der Waals surface area contributed by atoms with Crippen molar-refractivity contribution < 1.29 is 4.74 Å². The van der Waals surface area contributed by atoms with Crippen LogP contribution >= 0.6 is 0 Å².